The molecule has 7 heteroatoms. The molecule has 2 aromatic carbocycles. The van der Waals surface area contributed by atoms with E-state index in [0.717, 1.165) is 4.31 Å². The van der Waals surface area contributed by atoms with Gasteiger partial charge >= 0.3 is 0 Å². The van der Waals surface area contributed by atoms with Crippen molar-refractivity contribution in [2.75, 3.05) is 22.7 Å². The highest BCUT2D eigenvalue weighted by Gasteiger charge is 2.38. The minimum atomic E-state index is -3.91. The Morgan fingerprint density at radius 3 is 1.84 bits per heavy atom. The molecule has 2 atom stereocenters. The molecule has 2 rings (SSSR count). The Morgan fingerprint density at radius 2 is 1.40 bits per heavy atom. The molecule has 0 N–H and O–H groups in total. The molecule has 0 heterocycles. The first kappa shape index (κ1) is 19.2. The number of nitrogens with zero attached hydrogens (tertiary/aromatic N) is 2. The predicted molar refractivity (Wildman–Crippen MR) is 105 cm³/mol. The van der Waals surface area contributed by atoms with Crippen molar-refractivity contribution < 1.29 is 12.6 Å². The quantitative estimate of drug-likeness (QED) is 0.696. The molecule has 0 spiro atoms. The molecular formula is C18H22N2O3S2. The van der Waals surface area contributed by atoms with Gasteiger partial charge in [0.2, 0.25) is 0 Å². The van der Waals surface area contributed by atoms with Crippen LogP contribution < -0.4 is 8.61 Å². The second-order valence-corrected chi connectivity index (χ2v) is 9.55. The standard InChI is InChI=1S/C18H22N2O3S2/c1-15(2)18(24(21)19(3)16-11-7-5-8-12-16)25(22,23)20(4)17-13-9-6-10-14-17/h5-14,18H,1H2,2-4H3. The molecule has 0 aliphatic carbocycles. The van der Waals surface area contributed by atoms with Gasteiger partial charge in [0, 0.05) is 19.8 Å². The Labute approximate surface area is 152 Å². The van der Waals surface area contributed by atoms with Crippen LogP contribution in [0.5, 0.6) is 0 Å². The summed E-state index contributed by atoms with van der Waals surface area (Å²) in [5.74, 6) is 0. The van der Waals surface area contributed by atoms with Crippen molar-refractivity contribution in [3.8, 4) is 0 Å². The van der Waals surface area contributed by atoms with Gasteiger partial charge in [-0.15, -0.1) is 0 Å². The molecule has 25 heavy (non-hydrogen) atoms. The van der Waals surface area contributed by atoms with Crippen molar-refractivity contribution in [3.63, 3.8) is 0 Å². The summed E-state index contributed by atoms with van der Waals surface area (Å²) in [4.78, 5) is 0. The number of anilines is 2. The maximum atomic E-state index is 13.1. The van der Waals surface area contributed by atoms with Gasteiger partial charge in [-0.25, -0.2) is 12.6 Å². The summed E-state index contributed by atoms with van der Waals surface area (Å²) in [5, 5.41) is 0. The molecule has 2 unspecified atom stereocenters. The highest BCUT2D eigenvalue weighted by Crippen LogP contribution is 2.26. The van der Waals surface area contributed by atoms with Crippen molar-refractivity contribution in [2.24, 2.45) is 0 Å². The Bertz CT molecular complexity index is 852. The minimum absolute atomic E-state index is 0.323. The highest BCUT2D eigenvalue weighted by molar-refractivity contribution is 8.07. The van der Waals surface area contributed by atoms with Gasteiger partial charge in [0.1, 0.15) is 11.0 Å². The maximum absolute atomic E-state index is 13.1. The molecule has 134 valence electrons. The van der Waals surface area contributed by atoms with E-state index in [1.165, 1.54) is 11.4 Å². The zero-order chi connectivity index (χ0) is 18.6. The lowest BCUT2D eigenvalue weighted by atomic mass is 10.3. The van der Waals surface area contributed by atoms with Gasteiger partial charge in [-0.05, 0) is 36.8 Å². The third-order valence-electron chi connectivity index (χ3n) is 3.75. The van der Waals surface area contributed by atoms with E-state index in [9.17, 15) is 12.6 Å². The number of sulfonamides is 1. The summed E-state index contributed by atoms with van der Waals surface area (Å²) in [5.41, 5.74) is 1.50. The van der Waals surface area contributed by atoms with Crippen LogP contribution in [-0.2, 0) is 21.0 Å². The van der Waals surface area contributed by atoms with Crippen LogP contribution in [0.15, 0.2) is 72.8 Å². The zero-order valence-corrected chi connectivity index (χ0v) is 16.1. The number of hydrogen-bond acceptors (Lipinski definition) is 3. The highest BCUT2D eigenvalue weighted by atomic mass is 32.3. The Kier molecular flexibility index (Phi) is 6.02. The van der Waals surface area contributed by atoms with E-state index in [1.807, 2.05) is 24.3 Å². The molecule has 0 fully saturated rings. The van der Waals surface area contributed by atoms with E-state index in [4.69, 9.17) is 0 Å². The fourth-order valence-electron chi connectivity index (χ4n) is 2.34. The van der Waals surface area contributed by atoms with Crippen LogP contribution >= 0.6 is 0 Å². The molecule has 0 saturated carbocycles. The molecule has 0 amide bonds. The SMILES string of the molecule is C=C(C)C(S(=O)N(C)c1ccccc1)S(=O)(=O)N(C)c1ccccc1. The van der Waals surface area contributed by atoms with Gasteiger partial charge in [0.05, 0.1) is 5.69 Å². The first-order chi connectivity index (χ1) is 11.8. The predicted octanol–water partition coefficient (Wildman–Crippen LogP) is 3.15. The average Bonchev–Trinajstić information content (AvgIpc) is 2.61. The lowest BCUT2D eigenvalue weighted by molar-refractivity contribution is 0.592. The molecule has 0 saturated heterocycles. The van der Waals surface area contributed by atoms with E-state index >= 15 is 0 Å². The van der Waals surface area contributed by atoms with Gasteiger partial charge in [0.25, 0.3) is 10.0 Å². The van der Waals surface area contributed by atoms with Crippen molar-refractivity contribution in [2.45, 2.75) is 11.5 Å². The number of hydrogen-bond donors (Lipinski definition) is 0. The second kappa shape index (κ2) is 7.84. The monoisotopic (exact) mass is 378 g/mol. The van der Waals surface area contributed by atoms with E-state index in [-0.39, 0.29) is 0 Å². The van der Waals surface area contributed by atoms with Crippen LogP contribution in [0.4, 0.5) is 11.4 Å². The molecule has 0 aliphatic rings. The Morgan fingerprint density at radius 1 is 0.960 bits per heavy atom. The second-order valence-electron chi connectivity index (χ2n) is 5.64. The van der Waals surface area contributed by atoms with Gasteiger partial charge in [-0.1, -0.05) is 43.0 Å². The van der Waals surface area contributed by atoms with E-state index in [1.54, 1.807) is 50.4 Å². The Hall–Kier alpha value is -2.12. The van der Waals surface area contributed by atoms with E-state index < -0.39 is 25.6 Å². The van der Waals surface area contributed by atoms with Crippen LogP contribution in [0.3, 0.4) is 0 Å². The molecule has 0 bridgehead atoms. The largest absolute Gasteiger partial charge is 0.293 e. The average molecular weight is 379 g/mol. The van der Waals surface area contributed by atoms with E-state index in [0.29, 0.717) is 16.9 Å². The summed E-state index contributed by atoms with van der Waals surface area (Å²) >= 11 is 0. The lowest BCUT2D eigenvalue weighted by Crippen LogP contribution is -2.43. The third kappa shape index (κ3) is 4.11. The van der Waals surface area contributed by atoms with Crippen LogP contribution in [0.25, 0.3) is 0 Å². The topological polar surface area (TPSA) is 57.7 Å². The molecule has 5 nitrogen and oxygen atoms in total. The smallest absolute Gasteiger partial charge is 0.255 e. The van der Waals surface area contributed by atoms with Gasteiger partial charge in [-0.2, -0.15) is 0 Å². The van der Waals surface area contributed by atoms with Crippen molar-refractivity contribution in [1.29, 1.82) is 0 Å². The molecule has 0 aliphatic heterocycles. The molecule has 2 aromatic rings. The van der Waals surface area contributed by atoms with Gasteiger partial charge < -0.3 is 0 Å². The molecular weight excluding hydrogens is 356 g/mol. The summed E-state index contributed by atoms with van der Waals surface area (Å²) in [7, 11) is -2.69. The first-order valence-electron chi connectivity index (χ1n) is 7.64. The number of para-hydroxylation sites is 2. The van der Waals surface area contributed by atoms with Crippen molar-refractivity contribution in [3.05, 3.63) is 72.8 Å². The van der Waals surface area contributed by atoms with Crippen molar-refractivity contribution >= 4 is 32.4 Å². The lowest BCUT2D eigenvalue weighted by Gasteiger charge is -2.29. The van der Waals surface area contributed by atoms with Crippen LogP contribution in [0.2, 0.25) is 0 Å². The van der Waals surface area contributed by atoms with Crippen LogP contribution in [0.1, 0.15) is 6.92 Å². The van der Waals surface area contributed by atoms with Gasteiger partial charge in [0.15, 0.2) is 4.58 Å². The minimum Gasteiger partial charge on any atom is -0.293 e. The Balaban J connectivity index is 2.40. The summed E-state index contributed by atoms with van der Waals surface area (Å²) in [6.07, 6.45) is 0. The van der Waals surface area contributed by atoms with Crippen LogP contribution in [0, 0.1) is 0 Å². The number of rotatable bonds is 7. The summed E-state index contributed by atoms with van der Waals surface area (Å²) < 4.78 is 40.6. The van der Waals surface area contributed by atoms with E-state index in [2.05, 4.69) is 6.58 Å². The van der Waals surface area contributed by atoms with Crippen LogP contribution in [-0.4, -0.2) is 31.3 Å². The first-order valence-corrected chi connectivity index (χ1v) is 10.3. The summed E-state index contributed by atoms with van der Waals surface area (Å²) in [6, 6.07) is 17.7. The fraction of sp³-hybridized carbons (Fsp3) is 0.222. The zero-order valence-electron chi connectivity index (χ0n) is 14.5. The molecule has 0 radical (unpaired) electrons. The van der Waals surface area contributed by atoms with Crippen molar-refractivity contribution in [1.82, 2.24) is 0 Å². The summed E-state index contributed by atoms with van der Waals surface area (Å²) in [6.45, 7) is 5.35. The third-order valence-corrected chi connectivity index (χ3v) is 8.41. The normalized spacial score (nSPS) is 13.7. The number of benzene rings is 2. The van der Waals surface area contributed by atoms with Gasteiger partial charge in [-0.3, -0.25) is 8.61 Å². The molecule has 0 aromatic heterocycles. The fourth-order valence-corrected chi connectivity index (χ4v) is 6.12. The maximum Gasteiger partial charge on any atom is 0.255 e.